The van der Waals surface area contributed by atoms with E-state index in [1.54, 1.807) is 33.5 Å². The van der Waals surface area contributed by atoms with E-state index in [4.69, 9.17) is 14.2 Å². The zero-order chi connectivity index (χ0) is 30.2. The van der Waals surface area contributed by atoms with Crippen molar-refractivity contribution in [1.82, 2.24) is 15.1 Å². The Labute approximate surface area is 248 Å². The van der Waals surface area contributed by atoms with E-state index >= 15 is 0 Å². The Balaban J connectivity index is 1.53. The fourth-order valence-electron chi connectivity index (χ4n) is 5.87. The number of fused-ring (bicyclic) bond motifs is 3. The van der Waals surface area contributed by atoms with Crippen LogP contribution in [0.5, 0.6) is 17.2 Å². The van der Waals surface area contributed by atoms with Crippen LogP contribution in [-0.2, 0) is 16.0 Å². The maximum atomic E-state index is 13.4. The molecule has 4 rings (SSSR count). The molecule has 2 aromatic rings. The smallest absolute Gasteiger partial charge is 0.222 e. The molecule has 1 aliphatic carbocycles. The van der Waals surface area contributed by atoms with Crippen LogP contribution in [-0.4, -0.2) is 82.7 Å². The van der Waals surface area contributed by atoms with Gasteiger partial charge in [-0.3, -0.25) is 14.4 Å². The Hall–Kier alpha value is -3.79. The highest BCUT2D eigenvalue weighted by atomic mass is 16.5. The molecule has 2 amide bonds. The van der Waals surface area contributed by atoms with Gasteiger partial charge < -0.3 is 34.6 Å². The lowest BCUT2D eigenvalue weighted by molar-refractivity contribution is -0.132. The number of benzene rings is 1. The van der Waals surface area contributed by atoms with Gasteiger partial charge in [-0.15, -0.1) is 0 Å². The zero-order valence-electron chi connectivity index (χ0n) is 25.5. The summed E-state index contributed by atoms with van der Waals surface area (Å²) in [7, 11) is 6.81. The Morgan fingerprint density at radius 3 is 2.36 bits per heavy atom. The third-order valence-corrected chi connectivity index (χ3v) is 8.15. The van der Waals surface area contributed by atoms with E-state index < -0.39 is 0 Å². The maximum Gasteiger partial charge on any atom is 0.222 e. The van der Waals surface area contributed by atoms with E-state index in [-0.39, 0.29) is 23.3 Å². The quantitative estimate of drug-likeness (QED) is 0.388. The van der Waals surface area contributed by atoms with Gasteiger partial charge in [-0.25, -0.2) is 0 Å². The molecular formula is C32H44N4O6. The zero-order valence-corrected chi connectivity index (χ0v) is 25.5. The number of nitrogens with one attached hydrogen (secondary N) is 2. The number of piperazine rings is 1. The molecule has 0 bridgehead atoms. The van der Waals surface area contributed by atoms with Crippen LogP contribution in [0.25, 0.3) is 11.1 Å². The highest BCUT2D eigenvalue weighted by Gasteiger charge is 2.29. The van der Waals surface area contributed by atoms with Gasteiger partial charge in [0.05, 0.1) is 33.1 Å². The van der Waals surface area contributed by atoms with Crippen molar-refractivity contribution in [2.45, 2.75) is 51.5 Å². The van der Waals surface area contributed by atoms with Crippen LogP contribution in [0.4, 0.5) is 5.69 Å². The molecule has 1 heterocycles. The number of ether oxygens (including phenoxy) is 3. The fourth-order valence-corrected chi connectivity index (χ4v) is 5.87. The van der Waals surface area contributed by atoms with Crippen molar-refractivity contribution < 1.29 is 23.8 Å². The molecule has 1 fully saturated rings. The highest BCUT2D eigenvalue weighted by molar-refractivity contribution is 5.83. The number of carbonyl (C=O) groups excluding carboxylic acids is 2. The Bertz CT molecular complexity index is 1340. The summed E-state index contributed by atoms with van der Waals surface area (Å²) in [5.41, 5.74) is 3.67. The van der Waals surface area contributed by atoms with E-state index in [1.807, 2.05) is 17.0 Å². The first-order chi connectivity index (χ1) is 20.3. The van der Waals surface area contributed by atoms with E-state index in [9.17, 15) is 14.4 Å². The van der Waals surface area contributed by atoms with Gasteiger partial charge in [0.1, 0.15) is 0 Å². The highest BCUT2D eigenvalue weighted by Crippen LogP contribution is 2.50. The molecule has 2 N–H and O–H groups in total. The van der Waals surface area contributed by atoms with Crippen LogP contribution < -0.4 is 30.3 Å². The molecule has 0 spiro atoms. The van der Waals surface area contributed by atoms with Crippen molar-refractivity contribution >= 4 is 17.5 Å². The summed E-state index contributed by atoms with van der Waals surface area (Å²) in [5, 5.41) is 6.33. The van der Waals surface area contributed by atoms with Gasteiger partial charge in [-0.1, -0.05) is 12.5 Å². The summed E-state index contributed by atoms with van der Waals surface area (Å²) in [5.74, 6) is 1.62. The predicted molar refractivity (Wildman–Crippen MR) is 164 cm³/mol. The van der Waals surface area contributed by atoms with Gasteiger partial charge in [0, 0.05) is 51.6 Å². The molecule has 228 valence electrons. The summed E-state index contributed by atoms with van der Waals surface area (Å²) >= 11 is 0. The Kier molecular flexibility index (Phi) is 10.7. The first-order valence-corrected chi connectivity index (χ1v) is 14.7. The van der Waals surface area contributed by atoms with Crippen LogP contribution in [0.15, 0.2) is 29.1 Å². The average Bonchev–Trinajstić information content (AvgIpc) is 3.22. The molecule has 10 heteroatoms. The lowest BCUT2D eigenvalue weighted by Gasteiger charge is -2.32. The minimum atomic E-state index is -0.350. The van der Waals surface area contributed by atoms with Gasteiger partial charge in [0.25, 0.3) is 0 Å². The SMILES string of the molecule is COc1cc2c(c(OC)c1OC)-c1ccc(NCCCCCC(=O)N3CCN(C)CC3)c(=O)cc1[C@@H](NC(C)=O)CC2. The lowest BCUT2D eigenvalue weighted by Crippen LogP contribution is -2.47. The first kappa shape index (κ1) is 31.2. The van der Waals surface area contributed by atoms with Gasteiger partial charge in [-0.05, 0) is 67.6 Å². The number of anilines is 1. The second-order valence-corrected chi connectivity index (χ2v) is 11.0. The van der Waals surface area contributed by atoms with Crippen molar-refractivity contribution in [1.29, 1.82) is 0 Å². The number of aryl methyl sites for hydroxylation is 1. The van der Waals surface area contributed by atoms with Crippen molar-refractivity contribution in [3.05, 3.63) is 45.6 Å². The maximum absolute atomic E-state index is 13.4. The molecule has 0 unspecified atom stereocenters. The van der Waals surface area contributed by atoms with E-state index in [1.165, 1.54) is 6.92 Å². The molecule has 0 saturated carbocycles. The number of hydrogen-bond acceptors (Lipinski definition) is 8. The minimum Gasteiger partial charge on any atom is -0.493 e. The van der Waals surface area contributed by atoms with Gasteiger partial charge in [0.15, 0.2) is 11.5 Å². The standard InChI is InChI=1S/C32H44N4O6/c1-21(37)34-25-12-10-22-19-28(40-3)31(41-4)32(42-5)30(22)23-11-13-26(27(38)20-24(23)25)33-14-8-6-7-9-29(39)36-17-15-35(2)16-18-36/h11,13,19-20,25H,6-10,12,14-18H2,1-5H3,(H,33,38)(H,34,37)/t25-/m0/s1. The van der Waals surface area contributed by atoms with Crippen LogP contribution >= 0.6 is 0 Å². The summed E-state index contributed by atoms with van der Waals surface area (Å²) in [6.07, 6.45) is 4.38. The molecular weight excluding hydrogens is 536 g/mol. The summed E-state index contributed by atoms with van der Waals surface area (Å²) in [4.78, 5) is 42.3. The molecule has 1 saturated heterocycles. The molecule has 2 aliphatic rings. The third-order valence-electron chi connectivity index (χ3n) is 8.15. The van der Waals surface area contributed by atoms with Crippen LogP contribution in [0, 0.1) is 0 Å². The van der Waals surface area contributed by atoms with E-state index in [0.29, 0.717) is 48.7 Å². The van der Waals surface area contributed by atoms with Crippen LogP contribution in [0.3, 0.4) is 0 Å². The minimum absolute atomic E-state index is 0.153. The van der Waals surface area contributed by atoms with Gasteiger partial charge in [0.2, 0.25) is 23.0 Å². The number of methoxy groups -OCH3 is 3. The second-order valence-electron chi connectivity index (χ2n) is 11.0. The number of carbonyl (C=O) groups is 2. The van der Waals surface area contributed by atoms with Crippen molar-refractivity contribution in [3.63, 3.8) is 0 Å². The normalized spacial score (nSPS) is 16.5. The van der Waals surface area contributed by atoms with Crippen LogP contribution in [0.1, 0.15) is 56.2 Å². The summed E-state index contributed by atoms with van der Waals surface area (Å²) in [6.45, 7) is 5.56. The molecule has 1 atom stereocenters. The number of nitrogens with zero attached hydrogens (tertiary/aromatic N) is 2. The van der Waals surface area contributed by atoms with Crippen LogP contribution in [0.2, 0.25) is 0 Å². The fraction of sp³-hybridized carbons (Fsp3) is 0.531. The number of rotatable bonds is 11. The van der Waals surface area contributed by atoms with Crippen molar-refractivity contribution in [2.75, 3.05) is 66.4 Å². The average molecular weight is 581 g/mol. The molecule has 0 radical (unpaired) electrons. The first-order valence-electron chi connectivity index (χ1n) is 14.7. The second kappa shape index (κ2) is 14.4. The molecule has 42 heavy (non-hydrogen) atoms. The Morgan fingerprint density at radius 1 is 0.952 bits per heavy atom. The third kappa shape index (κ3) is 7.15. The number of amides is 2. The predicted octanol–water partition coefficient (Wildman–Crippen LogP) is 3.61. The number of unbranched alkanes of at least 4 members (excludes halogenated alkanes) is 2. The summed E-state index contributed by atoms with van der Waals surface area (Å²) < 4.78 is 17.1. The molecule has 0 aromatic heterocycles. The van der Waals surface area contributed by atoms with Crippen molar-refractivity contribution in [2.24, 2.45) is 0 Å². The summed E-state index contributed by atoms with van der Waals surface area (Å²) in [6, 6.07) is 6.93. The molecule has 10 nitrogen and oxygen atoms in total. The lowest BCUT2D eigenvalue weighted by atomic mass is 9.95. The molecule has 2 aromatic carbocycles. The van der Waals surface area contributed by atoms with E-state index in [0.717, 1.165) is 67.7 Å². The van der Waals surface area contributed by atoms with E-state index in [2.05, 4.69) is 22.6 Å². The topological polar surface area (TPSA) is 109 Å². The van der Waals surface area contributed by atoms with Crippen molar-refractivity contribution in [3.8, 4) is 28.4 Å². The van der Waals surface area contributed by atoms with Gasteiger partial charge in [-0.2, -0.15) is 0 Å². The largest absolute Gasteiger partial charge is 0.493 e. The van der Waals surface area contributed by atoms with Gasteiger partial charge >= 0.3 is 0 Å². The molecule has 1 aliphatic heterocycles. The number of hydrogen-bond donors (Lipinski definition) is 2. The number of likely N-dealkylation sites (N-methyl/N-ethyl adjacent to an activating group) is 1. The monoisotopic (exact) mass is 580 g/mol. The Morgan fingerprint density at radius 2 is 1.69 bits per heavy atom.